The van der Waals surface area contributed by atoms with Gasteiger partial charge in [0.15, 0.2) is 0 Å². The maximum absolute atomic E-state index is 11.9. The van der Waals surface area contributed by atoms with Gasteiger partial charge >= 0.3 is 5.97 Å². The third-order valence-corrected chi connectivity index (χ3v) is 4.77. The lowest BCUT2D eigenvalue weighted by atomic mass is 9.94. The van der Waals surface area contributed by atoms with Gasteiger partial charge in [0.2, 0.25) is 0 Å². The Labute approximate surface area is 124 Å². The first kappa shape index (κ1) is 13.7. The number of aliphatic carboxylic acids is 1. The number of carboxylic acids is 1. The molecule has 0 aromatic heterocycles. The summed E-state index contributed by atoms with van der Waals surface area (Å²) in [5, 5.41) is 9.80. The molecule has 2 aromatic rings. The fourth-order valence-electron chi connectivity index (χ4n) is 3.64. The van der Waals surface area contributed by atoms with Gasteiger partial charge in [0.25, 0.3) is 0 Å². The third-order valence-electron chi connectivity index (χ3n) is 4.77. The number of carbonyl (C=O) groups is 1. The number of nitrogens with two attached hydrogens (primary N) is 1. The summed E-state index contributed by atoms with van der Waals surface area (Å²) in [6.07, 6.45) is 0.622. The minimum Gasteiger partial charge on any atom is -0.481 e. The van der Waals surface area contributed by atoms with Crippen LogP contribution >= 0.6 is 0 Å². The smallest absolute Gasteiger partial charge is 0.310 e. The van der Waals surface area contributed by atoms with Gasteiger partial charge in [0.1, 0.15) is 0 Å². The number of hydrogen-bond donors (Lipinski definition) is 2. The van der Waals surface area contributed by atoms with Crippen molar-refractivity contribution in [2.24, 2.45) is 5.41 Å². The zero-order valence-corrected chi connectivity index (χ0v) is 12.0. The Morgan fingerprint density at radius 3 is 2.05 bits per heavy atom. The van der Waals surface area contributed by atoms with E-state index in [1.54, 1.807) is 0 Å². The largest absolute Gasteiger partial charge is 0.481 e. The van der Waals surface area contributed by atoms with Gasteiger partial charge in [-0.05, 0) is 29.7 Å². The summed E-state index contributed by atoms with van der Waals surface area (Å²) in [6, 6.07) is 17.5. The summed E-state index contributed by atoms with van der Waals surface area (Å²) in [5.41, 5.74) is 7.90. The van der Waals surface area contributed by atoms with Gasteiger partial charge in [0.05, 0.1) is 5.41 Å². The van der Waals surface area contributed by atoms with Crippen LogP contribution < -0.4 is 5.73 Å². The van der Waals surface area contributed by atoms with Crippen molar-refractivity contribution in [1.29, 1.82) is 0 Å². The fraction of sp³-hybridized carbons (Fsp3) is 0.278. The van der Waals surface area contributed by atoms with Crippen LogP contribution in [0, 0.1) is 5.41 Å². The van der Waals surface area contributed by atoms with Crippen molar-refractivity contribution in [3.05, 3.63) is 65.7 Å². The van der Waals surface area contributed by atoms with Gasteiger partial charge in [-0.25, -0.2) is 0 Å². The first-order valence-corrected chi connectivity index (χ1v) is 7.25. The molecule has 2 aromatic carbocycles. The maximum Gasteiger partial charge on any atom is 0.310 e. The summed E-state index contributed by atoms with van der Waals surface area (Å²) >= 11 is 0. The Hall–Kier alpha value is -2.29. The fourth-order valence-corrected chi connectivity index (χ4v) is 3.64. The van der Waals surface area contributed by atoms with E-state index < -0.39 is 11.4 Å². The van der Waals surface area contributed by atoms with Gasteiger partial charge in [-0.1, -0.05) is 49.4 Å². The van der Waals surface area contributed by atoms with E-state index in [0.717, 1.165) is 11.1 Å². The summed E-state index contributed by atoms with van der Waals surface area (Å²) in [7, 11) is 0. The van der Waals surface area contributed by atoms with E-state index in [0.29, 0.717) is 12.1 Å². The van der Waals surface area contributed by atoms with Crippen molar-refractivity contribution in [2.45, 2.75) is 25.2 Å². The van der Waals surface area contributed by atoms with Crippen molar-refractivity contribution in [2.75, 3.05) is 5.73 Å². The average molecular weight is 281 g/mol. The monoisotopic (exact) mass is 281 g/mol. The second-order valence-corrected chi connectivity index (χ2v) is 5.73. The van der Waals surface area contributed by atoms with Crippen LogP contribution in [0.3, 0.4) is 0 Å². The molecule has 1 fully saturated rings. The zero-order chi connectivity index (χ0) is 15.0. The van der Waals surface area contributed by atoms with Crippen molar-refractivity contribution < 1.29 is 9.90 Å². The standard InChI is InChI=1S/C18H19NO2/c1-2-18(17(20)21)15(12-6-4-3-5-7-12)16(18)13-8-10-14(19)11-9-13/h3-11,15-16H,2,19H2,1H3,(H,20,21)/t15-,16-,18+/m0/s1. The maximum atomic E-state index is 11.9. The van der Waals surface area contributed by atoms with Crippen molar-refractivity contribution in [3.63, 3.8) is 0 Å². The Balaban J connectivity index is 2.05. The van der Waals surface area contributed by atoms with E-state index >= 15 is 0 Å². The molecule has 0 bridgehead atoms. The van der Waals surface area contributed by atoms with Crippen LogP contribution in [-0.2, 0) is 4.79 Å². The first-order valence-electron chi connectivity index (χ1n) is 7.25. The van der Waals surface area contributed by atoms with Crippen LogP contribution in [0.5, 0.6) is 0 Å². The summed E-state index contributed by atoms with van der Waals surface area (Å²) < 4.78 is 0. The van der Waals surface area contributed by atoms with E-state index in [1.807, 2.05) is 61.5 Å². The number of nitrogen functional groups attached to an aromatic ring is 1. The van der Waals surface area contributed by atoms with E-state index in [2.05, 4.69) is 0 Å². The number of anilines is 1. The highest BCUT2D eigenvalue weighted by atomic mass is 16.4. The van der Waals surface area contributed by atoms with Gasteiger partial charge in [-0.2, -0.15) is 0 Å². The predicted octanol–water partition coefficient (Wildman–Crippen LogP) is 3.63. The normalized spacial score (nSPS) is 27.3. The van der Waals surface area contributed by atoms with E-state index in [1.165, 1.54) is 0 Å². The molecule has 1 saturated carbocycles. The molecule has 1 aliphatic rings. The lowest BCUT2D eigenvalue weighted by Crippen LogP contribution is -2.17. The quantitative estimate of drug-likeness (QED) is 0.841. The highest BCUT2D eigenvalue weighted by molar-refractivity contribution is 5.84. The van der Waals surface area contributed by atoms with Crippen LogP contribution in [-0.4, -0.2) is 11.1 Å². The Morgan fingerprint density at radius 1 is 1.05 bits per heavy atom. The molecule has 3 atom stereocenters. The van der Waals surface area contributed by atoms with Gasteiger partial charge in [-0.15, -0.1) is 0 Å². The summed E-state index contributed by atoms with van der Waals surface area (Å²) in [5.74, 6) is -0.659. The molecule has 3 nitrogen and oxygen atoms in total. The van der Waals surface area contributed by atoms with Crippen LogP contribution in [0.4, 0.5) is 5.69 Å². The SMILES string of the molecule is CC[C@@]1(C(=O)O)[C@@H](c2ccccc2)[C@@H]1c1ccc(N)cc1. The lowest BCUT2D eigenvalue weighted by Gasteiger charge is -2.10. The molecule has 0 amide bonds. The number of hydrogen-bond acceptors (Lipinski definition) is 2. The molecule has 0 aliphatic heterocycles. The third kappa shape index (κ3) is 2.00. The lowest BCUT2D eigenvalue weighted by molar-refractivity contribution is -0.143. The molecule has 0 spiro atoms. The molecule has 108 valence electrons. The van der Waals surface area contributed by atoms with Crippen LogP contribution in [0.15, 0.2) is 54.6 Å². The van der Waals surface area contributed by atoms with E-state index in [-0.39, 0.29) is 11.8 Å². The van der Waals surface area contributed by atoms with Crippen molar-refractivity contribution in [3.8, 4) is 0 Å². The predicted molar refractivity (Wildman–Crippen MR) is 83.1 cm³/mol. The molecule has 0 saturated heterocycles. The number of carboxylic acid groups (broad SMARTS) is 1. The Kier molecular flexibility index (Phi) is 3.20. The Bertz CT molecular complexity index is 651. The minimum absolute atomic E-state index is 0.0167. The molecular weight excluding hydrogens is 262 g/mol. The summed E-state index contributed by atoms with van der Waals surface area (Å²) in [4.78, 5) is 11.9. The summed E-state index contributed by atoms with van der Waals surface area (Å²) in [6.45, 7) is 1.96. The second-order valence-electron chi connectivity index (χ2n) is 5.73. The molecular formula is C18H19NO2. The molecule has 1 aliphatic carbocycles. The highest BCUT2D eigenvalue weighted by Crippen LogP contribution is 2.72. The molecule has 3 heteroatoms. The van der Waals surface area contributed by atoms with Crippen LogP contribution in [0.25, 0.3) is 0 Å². The minimum atomic E-state index is -0.708. The van der Waals surface area contributed by atoms with E-state index in [4.69, 9.17) is 5.73 Å². The highest BCUT2D eigenvalue weighted by Gasteiger charge is 2.69. The molecule has 0 heterocycles. The molecule has 3 N–H and O–H groups in total. The van der Waals surface area contributed by atoms with Gasteiger partial charge in [-0.3, -0.25) is 4.79 Å². The van der Waals surface area contributed by atoms with Crippen molar-refractivity contribution in [1.82, 2.24) is 0 Å². The molecule has 0 radical (unpaired) electrons. The van der Waals surface area contributed by atoms with Crippen LogP contribution in [0.2, 0.25) is 0 Å². The number of benzene rings is 2. The van der Waals surface area contributed by atoms with Crippen molar-refractivity contribution >= 4 is 11.7 Å². The van der Waals surface area contributed by atoms with E-state index in [9.17, 15) is 9.90 Å². The topological polar surface area (TPSA) is 63.3 Å². The molecule has 3 rings (SSSR count). The molecule has 0 unspecified atom stereocenters. The average Bonchev–Trinajstić information content (AvgIpc) is 3.19. The van der Waals surface area contributed by atoms with Gasteiger partial charge in [0, 0.05) is 17.5 Å². The Morgan fingerprint density at radius 2 is 1.57 bits per heavy atom. The van der Waals surface area contributed by atoms with Gasteiger partial charge < -0.3 is 10.8 Å². The first-order chi connectivity index (χ1) is 10.1. The second kappa shape index (κ2) is 4.92. The number of rotatable bonds is 4. The molecule has 21 heavy (non-hydrogen) atoms. The van der Waals surface area contributed by atoms with Crippen LogP contribution in [0.1, 0.15) is 36.3 Å². The zero-order valence-electron chi connectivity index (χ0n) is 12.0.